The van der Waals surface area contributed by atoms with E-state index in [-0.39, 0.29) is 18.3 Å². The fraction of sp³-hybridized carbons (Fsp3) is 0.190. The van der Waals surface area contributed by atoms with Gasteiger partial charge in [-0.3, -0.25) is 0 Å². The van der Waals surface area contributed by atoms with E-state index >= 15 is 0 Å². The van der Waals surface area contributed by atoms with E-state index in [2.05, 4.69) is 5.10 Å². The minimum absolute atomic E-state index is 0.0738. The van der Waals surface area contributed by atoms with Crippen LogP contribution in [0.2, 0.25) is 0 Å². The van der Waals surface area contributed by atoms with Gasteiger partial charge >= 0.3 is 11.4 Å². The van der Waals surface area contributed by atoms with Gasteiger partial charge in [-0.25, -0.2) is 14.0 Å². The number of hydrogen-bond acceptors (Lipinski definition) is 5. The zero-order valence-electron chi connectivity index (χ0n) is 14.8. The van der Waals surface area contributed by atoms with E-state index in [4.69, 9.17) is 8.83 Å². The summed E-state index contributed by atoms with van der Waals surface area (Å²) in [5.74, 6) is -0.944. The van der Waals surface area contributed by atoms with E-state index in [1.165, 1.54) is 41.5 Å². The molecule has 28 heavy (non-hydrogen) atoms. The lowest BCUT2D eigenvalue weighted by Gasteiger charge is -2.07. The van der Waals surface area contributed by atoms with Crippen LogP contribution in [0, 0.1) is 5.82 Å². The maximum atomic E-state index is 13.1. The Bertz CT molecular complexity index is 1320. The molecule has 140 valence electrons. The molecule has 1 aliphatic rings. The third-order valence-electron chi connectivity index (χ3n) is 5.06. The van der Waals surface area contributed by atoms with E-state index in [1.54, 1.807) is 0 Å². The monoisotopic (exact) mass is 378 g/mol. The smallest absolute Gasteiger partial charge is 0.423 e. The molecule has 0 aliphatic heterocycles. The molecule has 0 fully saturated rings. The highest BCUT2D eigenvalue weighted by atomic mass is 19.1. The number of benzene rings is 2. The molecule has 1 aliphatic carbocycles. The summed E-state index contributed by atoms with van der Waals surface area (Å²) in [6.07, 6.45) is 3.04. The first-order chi connectivity index (χ1) is 13.6. The summed E-state index contributed by atoms with van der Waals surface area (Å²) in [7, 11) is 0. The summed E-state index contributed by atoms with van der Waals surface area (Å²) in [5.41, 5.74) is 3.61. The van der Waals surface area contributed by atoms with Gasteiger partial charge in [-0.1, -0.05) is 0 Å². The first kappa shape index (κ1) is 16.7. The Morgan fingerprint density at radius 3 is 2.54 bits per heavy atom. The Morgan fingerprint density at radius 1 is 1.00 bits per heavy atom. The first-order valence-electron chi connectivity index (χ1n) is 8.99. The number of aromatic nitrogens is 2. The average Bonchev–Trinajstić information content (AvgIpc) is 3.27. The molecule has 2 aromatic carbocycles. The SMILES string of the molecule is O=c1cc(Cn2nc(-c3ccc(F)cc3)oc2=O)c2cc3c(cc2o1)CCC3. The molecule has 0 spiro atoms. The van der Waals surface area contributed by atoms with Gasteiger partial charge in [-0.2, -0.15) is 4.68 Å². The van der Waals surface area contributed by atoms with Crippen molar-refractivity contribution in [2.45, 2.75) is 25.8 Å². The summed E-state index contributed by atoms with van der Waals surface area (Å²) >= 11 is 0. The zero-order valence-corrected chi connectivity index (χ0v) is 14.8. The Labute approximate surface area is 157 Å². The fourth-order valence-electron chi connectivity index (χ4n) is 3.70. The number of nitrogens with zero attached hydrogens (tertiary/aromatic N) is 2. The molecule has 2 aromatic heterocycles. The van der Waals surface area contributed by atoms with Crippen molar-refractivity contribution in [3.8, 4) is 11.5 Å². The summed E-state index contributed by atoms with van der Waals surface area (Å²) < 4.78 is 24.8. The molecule has 0 saturated heterocycles. The topological polar surface area (TPSA) is 78.2 Å². The molecule has 0 N–H and O–H groups in total. The van der Waals surface area contributed by atoms with Crippen molar-refractivity contribution in [3.63, 3.8) is 0 Å². The lowest BCUT2D eigenvalue weighted by molar-refractivity contribution is 0.494. The van der Waals surface area contributed by atoms with Crippen molar-refractivity contribution in [1.29, 1.82) is 0 Å². The molecule has 0 saturated carbocycles. The van der Waals surface area contributed by atoms with Crippen molar-refractivity contribution in [1.82, 2.24) is 9.78 Å². The summed E-state index contributed by atoms with van der Waals surface area (Å²) in [4.78, 5) is 24.3. The summed E-state index contributed by atoms with van der Waals surface area (Å²) in [6.45, 7) is 0.0738. The normalized spacial score (nSPS) is 13.2. The maximum Gasteiger partial charge on any atom is 0.437 e. The average molecular weight is 378 g/mol. The number of rotatable bonds is 3. The van der Waals surface area contributed by atoms with Crippen LogP contribution in [0.5, 0.6) is 0 Å². The number of aryl methyl sites for hydroxylation is 2. The Balaban J connectivity index is 1.58. The van der Waals surface area contributed by atoms with Crippen LogP contribution in [0.1, 0.15) is 23.1 Å². The Morgan fingerprint density at radius 2 is 1.75 bits per heavy atom. The predicted molar refractivity (Wildman–Crippen MR) is 99.8 cm³/mol. The van der Waals surface area contributed by atoms with Gasteiger partial charge in [0.1, 0.15) is 11.4 Å². The van der Waals surface area contributed by atoms with Crippen molar-refractivity contribution in [3.05, 3.63) is 85.9 Å². The molecular weight excluding hydrogens is 363 g/mol. The molecule has 0 radical (unpaired) electrons. The van der Waals surface area contributed by atoms with Gasteiger partial charge in [0.05, 0.1) is 6.54 Å². The standard InChI is InChI=1S/C21H15FN2O4/c22-16-6-4-12(5-7-16)20-23-24(21(26)28-20)11-15-10-19(25)27-18-9-14-3-1-2-13(14)8-17(15)18/h4-10H,1-3,11H2. The summed E-state index contributed by atoms with van der Waals surface area (Å²) in [5, 5.41) is 4.99. The van der Waals surface area contributed by atoms with Gasteiger partial charge in [-0.05, 0) is 72.4 Å². The number of hydrogen-bond donors (Lipinski definition) is 0. The van der Waals surface area contributed by atoms with Crippen molar-refractivity contribution < 1.29 is 13.2 Å². The van der Waals surface area contributed by atoms with Crippen LogP contribution >= 0.6 is 0 Å². The van der Waals surface area contributed by atoms with E-state index < -0.39 is 11.4 Å². The lowest BCUT2D eigenvalue weighted by atomic mass is 10.0. The van der Waals surface area contributed by atoms with Crippen molar-refractivity contribution in [2.24, 2.45) is 0 Å². The third-order valence-corrected chi connectivity index (χ3v) is 5.06. The van der Waals surface area contributed by atoms with Crippen LogP contribution in [-0.2, 0) is 19.4 Å². The molecule has 4 aromatic rings. The molecular formula is C21H15FN2O4. The van der Waals surface area contributed by atoms with Gasteiger partial charge in [0.25, 0.3) is 0 Å². The number of halogens is 1. The van der Waals surface area contributed by atoms with Gasteiger partial charge in [0.15, 0.2) is 0 Å². The summed E-state index contributed by atoms with van der Waals surface area (Å²) in [6, 6.07) is 10.8. The minimum atomic E-state index is -0.651. The minimum Gasteiger partial charge on any atom is -0.423 e. The van der Waals surface area contributed by atoms with Crippen molar-refractivity contribution >= 4 is 11.0 Å². The van der Waals surface area contributed by atoms with Gasteiger partial charge in [-0.15, -0.1) is 5.10 Å². The van der Waals surface area contributed by atoms with E-state index in [0.29, 0.717) is 16.7 Å². The van der Waals surface area contributed by atoms with Crippen LogP contribution < -0.4 is 11.4 Å². The van der Waals surface area contributed by atoms with Crippen LogP contribution in [0.3, 0.4) is 0 Å². The second-order valence-electron chi connectivity index (χ2n) is 6.90. The molecule has 6 nitrogen and oxygen atoms in total. The largest absolute Gasteiger partial charge is 0.437 e. The molecule has 7 heteroatoms. The zero-order chi connectivity index (χ0) is 19.3. The molecule has 0 unspecified atom stereocenters. The Kier molecular flexibility index (Phi) is 3.75. The van der Waals surface area contributed by atoms with Crippen LogP contribution in [0.15, 0.2) is 60.9 Å². The highest BCUT2D eigenvalue weighted by molar-refractivity contribution is 5.82. The maximum absolute atomic E-state index is 13.1. The number of fused-ring (bicyclic) bond motifs is 2. The Hall–Kier alpha value is -3.48. The highest BCUT2D eigenvalue weighted by Gasteiger charge is 2.17. The molecule has 2 heterocycles. The second-order valence-corrected chi connectivity index (χ2v) is 6.90. The van der Waals surface area contributed by atoms with Crippen LogP contribution in [0.25, 0.3) is 22.4 Å². The van der Waals surface area contributed by atoms with Gasteiger partial charge in [0, 0.05) is 17.0 Å². The molecule has 5 rings (SSSR count). The highest BCUT2D eigenvalue weighted by Crippen LogP contribution is 2.28. The third kappa shape index (κ3) is 2.85. The van der Waals surface area contributed by atoms with E-state index in [1.807, 2.05) is 12.1 Å². The van der Waals surface area contributed by atoms with E-state index in [9.17, 15) is 14.0 Å². The molecule has 0 atom stereocenters. The molecule has 0 bridgehead atoms. The molecule has 0 amide bonds. The van der Waals surface area contributed by atoms with E-state index in [0.717, 1.165) is 29.3 Å². The first-order valence-corrected chi connectivity index (χ1v) is 8.99. The second kappa shape index (κ2) is 6.30. The van der Waals surface area contributed by atoms with Crippen LogP contribution in [0.4, 0.5) is 4.39 Å². The predicted octanol–water partition coefficient (Wildman–Crippen LogP) is 3.29. The lowest BCUT2D eigenvalue weighted by Crippen LogP contribution is -2.17. The fourth-order valence-corrected chi connectivity index (χ4v) is 3.70. The van der Waals surface area contributed by atoms with Crippen LogP contribution in [-0.4, -0.2) is 9.78 Å². The quantitative estimate of drug-likeness (QED) is 0.511. The van der Waals surface area contributed by atoms with Crippen molar-refractivity contribution in [2.75, 3.05) is 0 Å². The van der Waals surface area contributed by atoms with Gasteiger partial charge < -0.3 is 8.83 Å². The van der Waals surface area contributed by atoms with Gasteiger partial charge in [0.2, 0.25) is 5.89 Å².